The van der Waals surface area contributed by atoms with Crippen LogP contribution in [0.15, 0.2) is 18.2 Å². The Kier molecular flexibility index (Phi) is 3.76. The van der Waals surface area contributed by atoms with E-state index >= 15 is 0 Å². The maximum atomic E-state index is 10.2. The fraction of sp³-hybridized carbons (Fsp3) is 0.571. The number of aryl methyl sites for hydroxylation is 2. The van der Waals surface area contributed by atoms with E-state index in [-0.39, 0.29) is 11.5 Å². The van der Waals surface area contributed by atoms with Gasteiger partial charge in [0.05, 0.1) is 12.1 Å². The number of rotatable bonds is 2. The zero-order valence-electron chi connectivity index (χ0n) is 10.9. The molecule has 2 atom stereocenters. The van der Waals surface area contributed by atoms with Gasteiger partial charge in [-0.15, -0.1) is 0 Å². The van der Waals surface area contributed by atoms with Crippen LogP contribution < -0.4 is 5.73 Å². The lowest BCUT2D eigenvalue weighted by atomic mass is 9.82. The quantitative estimate of drug-likeness (QED) is 0.806. The molecule has 0 heterocycles. The molecule has 0 amide bonds. The van der Waals surface area contributed by atoms with Gasteiger partial charge in [0.2, 0.25) is 0 Å². The molecule has 90 valence electrons. The highest BCUT2D eigenvalue weighted by atomic mass is 16.3. The number of nitrogens with two attached hydrogens (primary N) is 1. The third-order valence-electron chi connectivity index (χ3n) is 2.86. The summed E-state index contributed by atoms with van der Waals surface area (Å²) >= 11 is 0. The molecule has 0 spiro atoms. The Balaban J connectivity index is 3.00. The molecule has 2 nitrogen and oxygen atoms in total. The van der Waals surface area contributed by atoms with Crippen LogP contribution in [-0.2, 0) is 0 Å². The molecule has 0 aromatic heterocycles. The van der Waals surface area contributed by atoms with Gasteiger partial charge in [0.15, 0.2) is 0 Å². The summed E-state index contributed by atoms with van der Waals surface area (Å²) in [5, 5.41) is 10.2. The highest BCUT2D eigenvalue weighted by Crippen LogP contribution is 2.29. The van der Waals surface area contributed by atoms with Crippen molar-refractivity contribution in [3.63, 3.8) is 0 Å². The monoisotopic (exact) mass is 221 g/mol. The van der Waals surface area contributed by atoms with Gasteiger partial charge < -0.3 is 10.8 Å². The molecule has 0 radical (unpaired) electrons. The number of hydrogen-bond acceptors (Lipinski definition) is 2. The van der Waals surface area contributed by atoms with Gasteiger partial charge in [0.25, 0.3) is 0 Å². The van der Waals surface area contributed by atoms with Crippen molar-refractivity contribution in [1.82, 2.24) is 0 Å². The van der Waals surface area contributed by atoms with Crippen molar-refractivity contribution in [2.45, 2.75) is 46.8 Å². The SMILES string of the molecule is Cc1cc(C)cc([C@@H](N)[C@@H](O)C(C)(C)C)c1. The van der Waals surface area contributed by atoms with Crippen LogP contribution in [0.3, 0.4) is 0 Å². The van der Waals surface area contributed by atoms with Gasteiger partial charge >= 0.3 is 0 Å². The van der Waals surface area contributed by atoms with Crippen LogP contribution in [0.25, 0.3) is 0 Å². The van der Waals surface area contributed by atoms with Gasteiger partial charge in [-0.3, -0.25) is 0 Å². The number of benzene rings is 1. The summed E-state index contributed by atoms with van der Waals surface area (Å²) in [4.78, 5) is 0. The van der Waals surface area contributed by atoms with E-state index < -0.39 is 6.10 Å². The molecule has 0 aliphatic heterocycles. The molecule has 0 saturated heterocycles. The summed E-state index contributed by atoms with van der Waals surface area (Å²) in [7, 11) is 0. The molecular formula is C14H23NO. The van der Waals surface area contributed by atoms with Crippen molar-refractivity contribution in [2.75, 3.05) is 0 Å². The first kappa shape index (κ1) is 13.2. The molecule has 1 aromatic carbocycles. The molecule has 1 aromatic rings. The van der Waals surface area contributed by atoms with Crippen LogP contribution in [0, 0.1) is 19.3 Å². The van der Waals surface area contributed by atoms with Crippen molar-refractivity contribution in [3.05, 3.63) is 34.9 Å². The molecule has 0 aliphatic rings. The topological polar surface area (TPSA) is 46.2 Å². The Labute approximate surface area is 98.5 Å². The second kappa shape index (κ2) is 4.56. The predicted molar refractivity (Wildman–Crippen MR) is 68.3 cm³/mol. The smallest absolute Gasteiger partial charge is 0.0780 e. The fourth-order valence-corrected chi connectivity index (χ4v) is 1.92. The second-order valence-corrected chi connectivity index (χ2v) is 5.76. The lowest BCUT2D eigenvalue weighted by Gasteiger charge is -2.31. The Morgan fingerprint density at radius 1 is 1.06 bits per heavy atom. The lowest BCUT2D eigenvalue weighted by Crippen LogP contribution is -2.37. The van der Waals surface area contributed by atoms with Crippen molar-refractivity contribution in [2.24, 2.45) is 11.1 Å². The molecule has 1 rings (SSSR count). The molecular weight excluding hydrogens is 198 g/mol. The maximum Gasteiger partial charge on any atom is 0.0780 e. The minimum atomic E-state index is -0.534. The standard InChI is InChI=1S/C14H23NO/c1-9-6-10(2)8-11(7-9)12(15)13(16)14(3,4)5/h6-8,12-13,16H,15H2,1-5H3/t12-,13-/m1/s1. The van der Waals surface area contributed by atoms with E-state index in [1.165, 1.54) is 11.1 Å². The molecule has 0 fully saturated rings. The zero-order valence-corrected chi connectivity index (χ0v) is 10.9. The Morgan fingerprint density at radius 3 is 1.88 bits per heavy atom. The summed E-state index contributed by atoms with van der Waals surface area (Å²) in [6, 6.07) is 5.89. The van der Waals surface area contributed by atoms with Crippen LogP contribution in [-0.4, -0.2) is 11.2 Å². The minimum absolute atomic E-state index is 0.197. The van der Waals surface area contributed by atoms with Crippen LogP contribution in [0.5, 0.6) is 0 Å². The number of hydrogen-bond donors (Lipinski definition) is 2. The van der Waals surface area contributed by atoms with Gasteiger partial charge in [-0.25, -0.2) is 0 Å². The minimum Gasteiger partial charge on any atom is -0.391 e. The third kappa shape index (κ3) is 3.06. The molecule has 2 heteroatoms. The predicted octanol–water partition coefficient (Wildman–Crippen LogP) is 2.71. The van der Waals surface area contributed by atoms with Crippen LogP contribution in [0.4, 0.5) is 0 Å². The largest absolute Gasteiger partial charge is 0.391 e. The lowest BCUT2D eigenvalue weighted by molar-refractivity contribution is 0.0401. The van der Waals surface area contributed by atoms with Gasteiger partial charge in [-0.05, 0) is 24.8 Å². The highest BCUT2D eigenvalue weighted by Gasteiger charge is 2.29. The first-order valence-corrected chi connectivity index (χ1v) is 5.73. The second-order valence-electron chi connectivity index (χ2n) is 5.76. The first-order valence-electron chi connectivity index (χ1n) is 5.73. The average Bonchev–Trinajstić information content (AvgIpc) is 2.12. The van der Waals surface area contributed by atoms with E-state index in [0.29, 0.717) is 0 Å². The summed E-state index contributed by atoms with van der Waals surface area (Å²) in [5.41, 5.74) is 9.30. The van der Waals surface area contributed by atoms with Crippen molar-refractivity contribution in [1.29, 1.82) is 0 Å². The van der Waals surface area contributed by atoms with Crippen LogP contribution >= 0.6 is 0 Å². The van der Waals surface area contributed by atoms with Gasteiger partial charge in [0.1, 0.15) is 0 Å². The van der Waals surface area contributed by atoms with E-state index in [4.69, 9.17) is 5.73 Å². The van der Waals surface area contributed by atoms with Crippen LogP contribution in [0.2, 0.25) is 0 Å². The summed E-state index contributed by atoms with van der Waals surface area (Å²) < 4.78 is 0. The van der Waals surface area contributed by atoms with Crippen LogP contribution in [0.1, 0.15) is 43.5 Å². The van der Waals surface area contributed by atoms with E-state index in [0.717, 1.165) is 5.56 Å². The summed E-state index contributed by atoms with van der Waals surface area (Å²) in [6.45, 7) is 10.1. The maximum absolute atomic E-state index is 10.2. The Bertz CT molecular complexity index is 345. The van der Waals surface area contributed by atoms with Crippen molar-refractivity contribution >= 4 is 0 Å². The van der Waals surface area contributed by atoms with Gasteiger partial charge in [-0.1, -0.05) is 50.1 Å². The summed E-state index contributed by atoms with van der Waals surface area (Å²) in [6.07, 6.45) is -0.534. The number of aliphatic hydroxyl groups excluding tert-OH is 1. The van der Waals surface area contributed by atoms with Crippen molar-refractivity contribution in [3.8, 4) is 0 Å². The van der Waals surface area contributed by atoms with Gasteiger partial charge in [0, 0.05) is 0 Å². The highest BCUT2D eigenvalue weighted by molar-refractivity contribution is 5.31. The molecule has 0 saturated carbocycles. The first-order chi connectivity index (χ1) is 7.21. The Morgan fingerprint density at radius 2 is 1.50 bits per heavy atom. The Hall–Kier alpha value is -0.860. The molecule has 0 unspecified atom stereocenters. The molecule has 0 aliphatic carbocycles. The van der Waals surface area contributed by atoms with E-state index in [1.54, 1.807) is 0 Å². The molecule has 16 heavy (non-hydrogen) atoms. The molecule has 0 bridgehead atoms. The molecule has 3 N–H and O–H groups in total. The van der Waals surface area contributed by atoms with Crippen molar-refractivity contribution < 1.29 is 5.11 Å². The van der Waals surface area contributed by atoms with E-state index in [2.05, 4.69) is 6.07 Å². The van der Waals surface area contributed by atoms with E-state index in [9.17, 15) is 5.11 Å². The third-order valence-corrected chi connectivity index (χ3v) is 2.86. The normalized spacial score (nSPS) is 15.9. The number of aliphatic hydroxyl groups is 1. The summed E-state index contributed by atoms with van der Waals surface area (Å²) in [5.74, 6) is 0. The zero-order chi connectivity index (χ0) is 12.5. The average molecular weight is 221 g/mol. The van der Waals surface area contributed by atoms with Gasteiger partial charge in [-0.2, -0.15) is 0 Å². The van der Waals surface area contributed by atoms with E-state index in [1.807, 2.05) is 46.8 Å². The fourth-order valence-electron chi connectivity index (χ4n) is 1.92.